The maximum atomic E-state index is 9.02. The molecule has 0 amide bonds. The van der Waals surface area contributed by atoms with E-state index in [4.69, 9.17) is 38.2 Å². The molecule has 0 unspecified atom stereocenters. The third-order valence-corrected chi connectivity index (χ3v) is 2.07. The lowest BCUT2D eigenvalue weighted by molar-refractivity contribution is 0.0536. The number of benzene rings is 1. The average Bonchev–Trinajstić information content (AvgIpc) is 2.16. The quantitative estimate of drug-likeness (QED) is 0.838. The van der Waals surface area contributed by atoms with Gasteiger partial charge in [-0.2, -0.15) is 0 Å². The topological polar surface area (TPSA) is 49.7 Å². The van der Waals surface area contributed by atoms with Crippen molar-refractivity contribution in [3.8, 4) is 5.75 Å². The molecule has 0 aliphatic heterocycles. The Morgan fingerprint density at radius 1 is 1.36 bits per heavy atom. The van der Waals surface area contributed by atoms with Crippen LogP contribution in [0.2, 0.25) is 10.0 Å². The summed E-state index contributed by atoms with van der Waals surface area (Å²) in [7, 11) is 0. The Labute approximate surface area is 91.8 Å². The molecule has 0 fully saturated rings. The molecule has 1 aromatic rings. The molecule has 1 aromatic carbocycles. The molecule has 0 bridgehead atoms. The molecule has 0 saturated carbocycles. The van der Waals surface area contributed by atoms with E-state index in [1.165, 1.54) is 0 Å². The van der Waals surface area contributed by atoms with E-state index >= 15 is 0 Å². The van der Waals surface area contributed by atoms with E-state index in [9.17, 15) is 0 Å². The van der Waals surface area contributed by atoms with Crippen molar-refractivity contribution in [2.45, 2.75) is 6.10 Å². The van der Waals surface area contributed by atoms with Crippen molar-refractivity contribution in [3.63, 3.8) is 0 Å². The molecule has 0 aliphatic rings. The van der Waals surface area contributed by atoms with Crippen molar-refractivity contribution < 1.29 is 14.9 Å². The highest BCUT2D eigenvalue weighted by Gasteiger charge is 2.06. The van der Waals surface area contributed by atoms with Gasteiger partial charge in [-0.25, -0.2) is 0 Å². The van der Waals surface area contributed by atoms with Crippen LogP contribution in [-0.2, 0) is 0 Å². The van der Waals surface area contributed by atoms with Gasteiger partial charge in [0.2, 0.25) is 0 Å². The van der Waals surface area contributed by atoms with Crippen LogP contribution in [0.4, 0.5) is 0 Å². The van der Waals surface area contributed by atoms with Gasteiger partial charge in [-0.3, -0.25) is 0 Å². The van der Waals surface area contributed by atoms with Crippen molar-refractivity contribution >= 4 is 23.2 Å². The van der Waals surface area contributed by atoms with Crippen LogP contribution >= 0.6 is 23.2 Å². The molecule has 3 nitrogen and oxygen atoms in total. The number of rotatable bonds is 4. The zero-order chi connectivity index (χ0) is 10.6. The van der Waals surface area contributed by atoms with Gasteiger partial charge in [0, 0.05) is 5.02 Å². The highest BCUT2D eigenvalue weighted by Crippen LogP contribution is 2.27. The maximum Gasteiger partial charge on any atom is 0.138 e. The van der Waals surface area contributed by atoms with Gasteiger partial charge in [-0.05, 0) is 18.2 Å². The molecule has 14 heavy (non-hydrogen) atoms. The van der Waals surface area contributed by atoms with Crippen LogP contribution in [0.3, 0.4) is 0 Å². The molecule has 2 N–H and O–H groups in total. The molecule has 0 saturated heterocycles. The fraction of sp³-hybridized carbons (Fsp3) is 0.333. The summed E-state index contributed by atoms with van der Waals surface area (Å²) in [5, 5.41) is 18.5. The summed E-state index contributed by atoms with van der Waals surface area (Å²) in [6.07, 6.45) is -0.901. The third kappa shape index (κ3) is 3.35. The van der Waals surface area contributed by atoms with Crippen molar-refractivity contribution in [3.05, 3.63) is 28.2 Å². The van der Waals surface area contributed by atoms with Crippen LogP contribution in [0.1, 0.15) is 0 Å². The molecule has 0 heterocycles. The smallest absolute Gasteiger partial charge is 0.138 e. The first-order valence-electron chi connectivity index (χ1n) is 4.00. The second kappa shape index (κ2) is 5.41. The molecular weight excluding hydrogens is 227 g/mol. The number of aliphatic hydroxyl groups excluding tert-OH is 2. The normalized spacial score (nSPS) is 12.6. The van der Waals surface area contributed by atoms with E-state index in [1.54, 1.807) is 18.2 Å². The van der Waals surface area contributed by atoms with E-state index in [1.807, 2.05) is 0 Å². The predicted octanol–water partition coefficient (Wildman–Crippen LogP) is 1.73. The fourth-order valence-corrected chi connectivity index (χ4v) is 1.29. The first kappa shape index (κ1) is 11.6. The Hall–Kier alpha value is -0.480. The van der Waals surface area contributed by atoms with Crippen molar-refractivity contribution in [2.24, 2.45) is 0 Å². The Bertz CT molecular complexity index is 304. The Morgan fingerprint density at radius 2 is 2.07 bits per heavy atom. The van der Waals surface area contributed by atoms with Gasteiger partial charge in [0.15, 0.2) is 0 Å². The van der Waals surface area contributed by atoms with Gasteiger partial charge in [-0.1, -0.05) is 23.2 Å². The van der Waals surface area contributed by atoms with Crippen LogP contribution < -0.4 is 4.74 Å². The number of hydrogen-bond acceptors (Lipinski definition) is 3. The predicted molar refractivity (Wildman–Crippen MR) is 55.0 cm³/mol. The third-order valence-electron chi connectivity index (χ3n) is 1.54. The van der Waals surface area contributed by atoms with E-state index in [-0.39, 0.29) is 13.2 Å². The highest BCUT2D eigenvalue weighted by atomic mass is 35.5. The SMILES string of the molecule is OC[C@H](O)COc1ccc(Cl)cc1Cl. The van der Waals surface area contributed by atoms with Gasteiger partial charge in [-0.15, -0.1) is 0 Å². The largest absolute Gasteiger partial charge is 0.489 e. The molecule has 1 rings (SSSR count). The lowest BCUT2D eigenvalue weighted by Gasteiger charge is -2.10. The minimum Gasteiger partial charge on any atom is -0.489 e. The highest BCUT2D eigenvalue weighted by molar-refractivity contribution is 6.35. The molecule has 0 aromatic heterocycles. The van der Waals surface area contributed by atoms with E-state index < -0.39 is 6.10 Å². The van der Waals surface area contributed by atoms with E-state index in [2.05, 4.69) is 0 Å². The van der Waals surface area contributed by atoms with Crippen molar-refractivity contribution in [1.82, 2.24) is 0 Å². The molecular formula is C9H10Cl2O3. The first-order chi connectivity index (χ1) is 6.63. The van der Waals surface area contributed by atoms with Crippen LogP contribution in [0, 0.1) is 0 Å². The van der Waals surface area contributed by atoms with Gasteiger partial charge >= 0.3 is 0 Å². The van der Waals surface area contributed by atoms with Gasteiger partial charge < -0.3 is 14.9 Å². The van der Waals surface area contributed by atoms with Gasteiger partial charge in [0.1, 0.15) is 18.5 Å². The lowest BCUT2D eigenvalue weighted by atomic mass is 10.3. The summed E-state index contributed by atoms with van der Waals surface area (Å²) in [5.41, 5.74) is 0. The molecule has 78 valence electrons. The van der Waals surface area contributed by atoms with E-state index in [0.717, 1.165) is 0 Å². The summed E-state index contributed by atoms with van der Waals surface area (Å²) in [5.74, 6) is 0.434. The number of halogens is 2. The number of ether oxygens (including phenoxy) is 1. The van der Waals surface area contributed by atoms with Crippen molar-refractivity contribution in [1.29, 1.82) is 0 Å². The maximum absolute atomic E-state index is 9.02. The molecule has 0 aliphatic carbocycles. The van der Waals surface area contributed by atoms with Crippen LogP contribution in [-0.4, -0.2) is 29.5 Å². The fourth-order valence-electron chi connectivity index (χ4n) is 0.831. The standard InChI is InChI=1S/C9H10Cl2O3/c10-6-1-2-9(8(11)3-6)14-5-7(13)4-12/h1-3,7,12-13H,4-5H2/t7-/m0/s1. The Kier molecular flexibility index (Phi) is 4.48. The number of hydrogen-bond donors (Lipinski definition) is 2. The second-order valence-electron chi connectivity index (χ2n) is 2.72. The Morgan fingerprint density at radius 3 is 2.64 bits per heavy atom. The molecule has 1 atom stereocenters. The van der Waals surface area contributed by atoms with Gasteiger partial charge in [0.25, 0.3) is 0 Å². The van der Waals surface area contributed by atoms with E-state index in [0.29, 0.717) is 15.8 Å². The summed E-state index contributed by atoms with van der Waals surface area (Å²) < 4.78 is 5.14. The zero-order valence-corrected chi connectivity index (χ0v) is 8.79. The van der Waals surface area contributed by atoms with Crippen molar-refractivity contribution in [2.75, 3.05) is 13.2 Å². The Balaban J connectivity index is 2.59. The van der Waals surface area contributed by atoms with Gasteiger partial charge in [0.05, 0.1) is 11.6 Å². The summed E-state index contributed by atoms with van der Waals surface area (Å²) in [4.78, 5) is 0. The molecule has 0 radical (unpaired) electrons. The summed E-state index contributed by atoms with van der Waals surface area (Å²) >= 11 is 11.5. The van der Waals surface area contributed by atoms with Crippen LogP contribution in [0.15, 0.2) is 18.2 Å². The lowest BCUT2D eigenvalue weighted by Crippen LogP contribution is -2.21. The second-order valence-corrected chi connectivity index (χ2v) is 3.57. The average molecular weight is 237 g/mol. The molecule has 0 spiro atoms. The van der Waals surface area contributed by atoms with Crippen LogP contribution in [0.25, 0.3) is 0 Å². The minimum atomic E-state index is -0.901. The molecule has 5 heteroatoms. The monoisotopic (exact) mass is 236 g/mol. The minimum absolute atomic E-state index is 0.00213. The summed E-state index contributed by atoms with van der Waals surface area (Å²) in [6, 6.07) is 4.78. The van der Waals surface area contributed by atoms with Crippen LogP contribution in [0.5, 0.6) is 5.75 Å². The first-order valence-corrected chi connectivity index (χ1v) is 4.76. The number of aliphatic hydroxyl groups is 2. The zero-order valence-electron chi connectivity index (χ0n) is 7.28. The summed E-state index contributed by atoms with van der Waals surface area (Å²) in [6.45, 7) is -0.344.